The number of alkyl carbamates (subject to hydrolysis) is 2. The quantitative estimate of drug-likeness (QED) is 0.365. The van der Waals surface area contributed by atoms with E-state index in [2.05, 4.69) is 20.4 Å². The van der Waals surface area contributed by atoms with Crippen LogP contribution in [0.2, 0.25) is 0 Å². The van der Waals surface area contributed by atoms with Gasteiger partial charge in [0.2, 0.25) is 0 Å². The molecule has 0 atom stereocenters. The van der Waals surface area contributed by atoms with Gasteiger partial charge in [-0.2, -0.15) is 0 Å². The third-order valence-electron chi connectivity index (χ3n) is 9.23. The van der Waals surface area contributed by atoms with E-state index in [4.69, 9.17) is 9.47 Å². The maximum atomic E-state index is 12.9. The highest BCUT2D eigenvalue weighted by Crippen LogP contribution is 2.28. The lowest BCUT2D eigenvalue weighted by atomic mass is 9.88. The lowest BCUT2D eigenvalue weighted by Crippen LogP contribution is -2.55. The molecule has 10 heteroatoms. The summed E-state index contributed by atoms with van der Waals surface area (Å²) in [7, 11) is 0. The molecule has 0 radical (unpaired) electrons. The van der Waals surface area contributed by atoms with Crippen molar-refractivity contribution >= 4 is 12.2 Å². The van der Waals surface area contributed by atoms with E-state index >= 15 is 0 Å². The van der Waals surface area contributed by atoms with Crippen LogP contribution in [-0.2, 0) is 22.7 Å². The Hall–Kier alpha value is -3.24. The van der Waals surface area contributed by atoms with Gasteiger partial charge in [0.05, 0.1) is 0 Å². The molecule has 4 aliphatic rings. The van der Waals surface area contributed by atoms with Gasteiger partial charge >= 0.3 is 12.2 Å². The van der Waals surface area contributed by atoms with Gasteiger partial charge in [0.15, 0.2) is 0 Å². The summed E-state index contributed by atoms with van der Waals surface area (Å²) >= 11 is 0. The van der Waals surface area contributed by atoms with Gasteiger partial charge in [0.25, 0.3) is 0 Å². The third-order valence-corrected chi connectivity index (χ3v) is 9.23. The first kappa shape index (κ1) is 32.2. The molecule has 0 bridgehead atoms. The zero-order valence-electron chi connectivity index (χ0n) is 25.4. The molecule has 44 heavy (non-hydrogen) atoms. The molecule has 2 saturated carbocycles. The summed E-state index contributed by atoms with van der Waals surface area (Å²) in [6.45, 7) is 2.94. The number of hydrogen-bond donors (Lipinski definition) is 2. The van der Waals surface area contributed by atoms with Crippen LogP contribution < -0.4 is 10.6 Å². The van der Waals surface area contributed by atoms with Crippen molar-refractivity contribution < 1.29 is 30.7 Å². The monoisotopic (exact) mass is 616 g/mol. The molecule has 2 saturated heterocycles. The Labute approximate surface area is 262 Å². The van der Waals surface area contributed by atoms with Crippen molar-refractivity contribution in [3.05, 3.63) is 71.8 Å². The Morgan fingerprint density at radius 1 is 0.614 bits per heavy atom. The predicted molar refractivity (Wildman–Crippen MR) is 169 cm³/mol. The number of likely N-dealkylation sites (tertiary alicyclic amines) is 2. The zero-order valence-corrected chi connectivity index (χ0v) is 25.4. The predicted octanol–water partition coefficient (Wildman–Crippen LogP) is 6.25. The molecule has 2 aliphatic heterocycles. The Morgan fingerprint density at radius 2 is 0.955 bits per heavy atom. The minimum Gasteiger partial charge on any atom is -0.445 e. The lowest BCUT2D eigenvalue weighted by Gasteiger charge is -2.43. The second-order valence-electron chi connectivity index (χ2n) is 12.5. The van der Waals surface area contributed by atoms with Crippen molar-refractivity contribution in [2.24, 2.45) is 0 Å². The van der Waals surface area contributed by atoms with E-state index in [0.717, 1.165) is 62.5 Å². The van der Waals surface area contributed by atoms with Crippen LogP contribution in [-0.4, -0.2) is 84.7 Å². The number of rotatable bonds is 8. The zero-order chi connectivity index (χ0) is 30.7. The Morgan fingerprint density at radius 3 is 1.27 bits per heavy atom. The summed E-state index contributed by atoms with van der Waals surface area (Å²) in [6, 6.07) is 20.7. The normalized spacial score (nSPS) is 26.2. The number of nitrogens with one attached hydrogen (secondary N) is 2. The van der Waals surface area contributed by atoms with Gasteiger partial charge < -0.3 is 20.1 Å². The van der Waals surface area contributed by atoms with Crippen molar-refractivity contribution in [3.8, 4) is 0 Å². The van der Waals surface area contributed by atoms with Crippen molar-refractivity contribution in [1.29, 1.82) is 0 Å². The number of benzene rings is 2. The van der Waals surface area contributed by atoms with Crippen molar-refractivity contribution in [3.63, 3.8) is 0 Å². The molecule has 2 heterocycles. The maximum absolute atomic E-state index is 12.9. The molecule has 2 aromatic rings. The Bertz CT molecular complexity index is 1070. The fourth-order valence-electron chi connectivity index (χ4n) is 6.54. The number of nitrogens with zero attached hydrogens (tertiary/aromatic N) is 2. The molecule has 2 N–H and O–H groups in total. The molecule has 6 rings (SSSR count). The minimum absolute atomic E-state index is 0. The van der Waals surface area contributed by atoms with Gasteiger partial charge in [0.1, 0.15) is 25.6 Å². The van der Waals surface area contributed by atoms with E-state index in [9.17, 15) is 18.4 Å². The topological polar surface area (TPSA) is 83.1 Å². The fraction of sp³-hybridized carbons (Fsp3) is 0.588. The van der Waals surface area contributed by atoms with Gasteiger partial charge in [-0.15, -0.1) is 0 Å². The van der Waals surface area contributed by atoms with Crippen molar-refractivity contribution in [1.82, 2.24) is 20.4 Å². The van der Waals surface area contributed by atoms with Crippen molar-refractivity contribution in [2.75, 3.05) is 26.2 Å². The summed E-state index contributed by atoms with van der Waals surface area (Å²) < 4.78 is 36.2. The van der Waals surface area contributed by atoms with E-state index in [-0.39, 0.29) is 27.1 Å². The standard InChI is InChI=1S/2C17H23FN2O2.2H2/c2*18-14-10-20(11-14)16-8-6-15(7-9-16)19-17(21)22-12-13-4-2-1-3-5-13;;/h2*1-5,14-16H,6-12H2,(H,19,21);2*1H. The Balaban J connectivity index is 0.000000240. The van der Waals surface area contributed by atoms with Gasteiger partial charge in [0, 0.05) is 53.2 Å². The lowest BCUT2D eigenvalue weighted by molar-refractivity contribution is 0.0106. The number of carbonyl (C=O) groups excluding carboxylic acids is 2. The van der Waals surface area contributed by atoms with Gasteiger partial charge in [-0.25, -0.2) is 18.4 Å². The second-order valence-corrected chi connectivity index (χ2v) is 12.5. The van der Waals surface area contributed by atoms with Crippen LogP contribution in [0.15, 0.2) is 60.7 Å². The molecule has 0 unspecified atom stereocenters. The summed E-state index contributed by atoms with van der Waals surface area (Å²) in [5, 5.41) is 5.88. The molecular weight excluding hydrogens is 566 g/mol. The van der Waals surface area contributed by atoms with E-state index < -0.39 is 12.3 Å². The summed E-state index contributed by atoms with van der Waals surface area (Å²) in [5.41, 5.74) is 1.97. The Kier molecular flexibility index (Phi) is 11.8. The number of amides is 2. The number of alkyl halides is 2. The highest BCUT2D eigenvalue weighted by Gasteiger charge is 2.36. The van der Waals surface area contributed by atoms with E-state index in [1.807, 2.05) is 60.7 Å². The van der Waals surface area contributed by atoms with E-state index in [1.54, 1.807) is 0 Å². The molecule has 0 aromatic heterocycles. The van der Waals surface area contributed by atoms with E-state index in [1.165, 1.54) is 0 Å². The first-order chi connectivity index (χ1) is 21.4. The fourth-order valence-corrected chi connectivity index (χ4v) is 6.54. The molecule has 2 aliphatic carbocycles. The molecule has 2 amide bonds. The van der Waals surface area contributed by atoms with Crippen molar-refractivity contribution in [2.45, 2.75) is 101 Å². The number of hydrogen-bond acceptors (Lipinski definition) is 6. The van der Waals surface area contributed by atoms with Crippen LogP contribution in [0.4, 0.5) is 18.4 Å². The molecule has 4 fully saturated rings. The first-order valence-electron chi connectivity index (χ1n) is 16.1. The summed E-state index contributed by atoms with van der Waals surface area (Å²) in [6.07, 6.45) is 5.90. The van der Waals surface area contributed by atoms with Crippen LogP contribution >= 0.6 is 0 Å². The molecular formula is C34H50F2N4O4. The molecule has 2 aromatic carbocycles. The van der Waals surface area contributed by atoms with Crippen LogP contribution in [0.25, 0.3) is 0 Å². The van der Waals surface area contributed by atoms with Gasteiger partial charge in [-0.05, 0) is 62.5 Å². The summed E-state index contributed by atoms with van der Waals surface area (Å²) in [4.78, 5) is 28.1. The SMILES string of the molecule is O=C(NC1CCC(N2CC(F)C2)CC1)OCc1ccccc1.O=C(NC1CCC(N2CC(F)C2)CC1)OCc1ccccc1.[HH].[HH]. The van der Waals surface area contributed by atoms with E-state index in [0.29, 0.717) is 51.5 Å². The highest BCUT2D eigenvalue weighted by molar-refractivity contribution is 5.68. The van der Waals surface area contributed by atoms with Crippen LogP contribution in [0.5, 0.6) is 0 Å². The average molecular weight is 617 g/mol. The second kappa shape index (κ2) is 16.2. The minimum atomic E-state index is -0.635. The van der Waals surface area contributed by atoms with Gasteiger partial charge in [-0.1, -0.05) is 60.7 Å². The highest BCUT2D eigenvalue weighted by atomic mass is 19.1. The number of halogens is 2. The molecule has 0 spiro atoms. The molecule has 244 valence electrons. The van der Waals surface area contributed by atoms with Crippen LogP contribution in [0, 0.1) is 0 Å². The maximum Gasteiger partial charge on any atom is 0.407 e. The third kappa shape index (κ3) is 9.89. The average Bonchev–Trinajstić information content (AvgIpc) is 3.02. The van der Waals surface area contributed by atoms with Crippen LogP contribution in [0.3, 0.4) is 0 Å². The van der Waals surface area contributed by atoms with Gasteiger partial charge in [-0.3, -0.25) is 9.80 Å². The largest absolute Gasteiger partial charge is 0.445 e. The molecule has 8 nitrogen and oxygen atoms in total. The summed E-state index contributed by atoms with van der Waals surface area (Å²) in [5.74, 6) is 0. The number of ether oxygens (including phenoxy) is 2. The number of carbonyl (C=O) groups is 2. The first-order valence-corrected chi connectivity index (χ1v) is 16.1. The smallest absolute Gasteiger partial charge is 0.407 e. The van der Waals surface area contributed by atoms with Crippen LogP contribution in [0.1, 0.15) is 65.3 Å².